The molecule has 0 bridgehead atoms. The molecule has 4 aliphatic rings. The van der Waals surface area contributed by atoms with Gasteiger partial charge in [0.05, 0.1) is 6.04 Å². The highest BCUT2D eigenvalue weighted by molar-refractivity contribution is 5.98. The molecule has 1 aromatic rings. The quantitative estimate of drug-likeness (QED) is 0.466. The summed E-state index contributed by atoms with van der Waals surface area (Å²) in [5.74, 6) is -1.19. The molecule has 0 aromatic carbocycles. The van der Waals surface area contributed by atoms with Gasteiger partial charge in [0, 0.05) is 24.7 Å². The number of hydrogen-bond acceptors (Lipinski definition) is 5. The highest BCUT2D eigenvalue weighted by Gasteiger charge is 2.50. The number of aromatic amines is 1. The second-order valence-corrected chi connectivity index (χ2v) is 10.3. The first-order chi connectivity index (χ1) is 16.5. The first-order valence-corrected chi connectivity index (χ1v) is 12.7. The fourth-order valence-electron chi connectivity index (χ4n) is 6.52. The molecule has 34 heavy (non-hydrogen) atoms. The van der Waals surface area contributed by atoms with Gasteiger partial charge in [-0.05, 0) is 74.8 Å². The minimum Gasteiger partial charge on any atom is -0.389 e. The number of ketones is 1. The lowest BCUT2D eigenvalue weighted by molar-refractivity contribution is -0.133. The van der Waals surface area contributed by atoms with E-state index in [4.69, 9.17) is 0 Å². The van der Waals surface area contributed by atoms with Crippen LogP contribution in [0.2, 0.25) is 0 Å². The standard InChI is InChI=1S/C25H34N4O5/c30-13-21(31)19(11-15-8-9-26-23(15)32)28-24(33)22-17-6-3-5-16(17)12-29(22)25(34)20-10-14-4-1-2-7-18(14)27-20/h10,15-17,19,22,27,30H,1-9,11-13H2,(H,26,32)(H,28,33)/t15-,16?,17?,19-,22?/m0/s1. The number of nitrogens with zero attached hydrogens (tertiary/aromatic N) is 1. The van der Waals surface area contributed by atoms with Gasteiger partial charge in [-0.1, -0.05) is 6.42 Å². The highest BCUT2D eigenvalue weighted by Crippen LogP contribution is 2.43. The lowest BCUT2D eigenvalue weighted by atomic mass is 9.92. The van der Waals surface area contributed by atoms with E-state index < -0.39 is 24.5 Å². The Morgan fingerprint density at radius 2 is 1.97 bits per heavy atom. The Labute approximate surface area is 199 Å². The largest absolute Gasteiger partial charge is 0.389 e. The molecule has 5 atom stereocenters. The fraction of sp³-hybridized carbons (Fsp3) is 0.680. The van der Waals surface area contributed by atoms with Crippen LogP contribution in [-0.2, 0) is 27.2 Å². The molecule has 0 radical (unpaired) electrons. The van der Waals surface area contributed by atoms with Gasteiger partial charge in [-0.15, -0.1) is 0 Å². The van der Waals surface area contributed by atoms with Crippen molar-refractivity contribution in [2.24, 2.45) is 17.8 Å². The Balaban J connectivity index is 1.35. The van der Waals surface area contributed by atoms with Crippen LogP contribution in [-0.4, -0.2) is 70.3 Å². The number of carbonyl (C=O) groups excluding carboxylic acids is 4. The molecule has 2 aliphatic carbocycles. The summed E-state index contributed by atoms with van der Waals surface area (Å²) in [4.78, 5) is 56.6. The zero-order chi connectivity index (χ0) is 23.8. The van der Waals surface area contributed by atoms with Crippen molar-refractivity contribution in [2.75, 3.05) is 19.7 Å². The van der Waals surface area contributed by atoms with Gasteiger partial charge in [0.25, 0.3) is 5.91 Å². The first kappa shape index (κ1) is 23.1. The summed E-state index contributed by atoms with van der Waals surface area (Å²) in [5, 5.41) is 15.0. The molecule has 3 fully saturated rings. The van der Waals surface area contributed by atoms with Crippen LogP contribution in [0.1, 0.15) is 66.7 Å². The number of fused-ring (bicyclic) bond motifs is 2. The maximum absolute atomic E-state index is 13.6. The van der Waals surface area contributed by atoms with E-state index in [-0.39, 0.29) is 41.9 Å². The van der Waals surface area contributed by atoms with Crippen molar-refractivity contribution in [3.05, 3.63) is 23.0 Å². The third kappa shape index (κ3) is 4.26. The molecular weight excluding hydrogens is 436 g/mol. The Bertz CT molecular complexity index is 964. The van der Waals surface area contributed by atoms with Crippen molar-refractivity contribution in [1.82, 2.24) is 20.5 Å². The van der Waals surface area contributed by atoms with Crippen molar-refractivity contribution in [3.8, 4) is 0 Å². The zero-order valence-electron chi connectivity index (χ0n) is 19.5. The van der Waals surface area contributed by atoms with Crippen LogP contribution in [0.4, 0.5) is 0 Å². The molecule has 1 saturated carbocycles. The smallest absolute Gasteiger partial charge is 0.270 e. The molecule has 4 N–H and O–H groups in total. The van der Waals surface area contributed by atoms with Gasteiger partial charge >= 0.3 is 0 Å². The Morgan fingerprint density at radius 1 is 1.15 bits per heavy atom. The van der Waals surface area contributed by atoms with Crippen molar-refractivity contribution >= 4 is 23.5 Å². The van der Waals surface area contributed by atoms with Crippen molar-refractivity contribution in [3.63, 3.8) is 0 Å². The number of aromatic nitrogens is 1. The number of aliphatic hydroxyl groups is 1. The molecule has 184 valence electrons. The van der Waals surface area contributed by atoms with E-state index in [1.807, 2.05) is 6.07 Å². The van der Waals surface area contributed by atoms with Crippen molar-refractivity contribution in [2.45, 2.75) is 69.9 Å². The van der Waals surface area contributed by atoms with E-state index >= 15 is 0 Å². The molecule has 9 nitrogen and oxygen atoms in total. The van der Waals surface area contributed by atoms with Gasteiger partial charge in [-0.25, -0.2) is 0 Å². The summed E-state index contributed by atoms with van der Waals surface area (Å²) in [6.07, 6.45) is 7.79. The number of likely N-dealkylation sites (tertiary alicyclic amines) is 1. The minimum absolute atomic E-state index is 0.0631. The van der Waals surface area contributed by atoms with Gasteiger partial charge in [0.1, 0.15) is 18.3 Å². The highest BCUT2D eigenvalue weighted by atomic mass is 16.3. The van der Waals surface area contributed by atoms with Gasteiger partial charge in [-0.2, -0.15) is 0 Å². The Kier molecular flexibility index (Phi) is 6.46. The Morgan fingerprint density at radius 3 is 2.71 bits per heavy atom. The molecule has 5 rings (SSSR count). The first-order valence-electron chi connectivity index (χ1n) is 12.7. The van der Waals surface area contributed by atoms with E-state index in [9.17, 15) is 24.3 Å². The predicted molar refractivity (Wildman–Crippen MR) is 123 cm³/mol. The molecule has 2 saturated heterocycles. The normalized spacial score (nSPS) is 28.9. The zero-order valence-corrected chi connectivity index (χ0v) is 19.5. The van der Waals surface area contributed by atoms with Crippen LogP contribution in [0, 0.1) is 17.8 Å². The van der Waals surface area contributed by atoms with Crippen LogP contribution in [0.5, 0.6) is 0 Å². The summed E-state index contributed by atoms with van der Waals surface area (Å²) >= 11 is 0. The summed E-state index contributed by atoms with van der Waals surface area (Å²) < 4.78 is 0. The molecule has 2 aliphatic heterocycles. The minimum atomic E-state index is -0.943. The van der Waals surface area contributed by atoms with Crippen molar-refractivity contribution in [1.29, 1.82) is 0 Å². The van der Waals surface area contributed by atoms with E-state index in [0.717, 1.165) is 50.6 Å². The number of carbonyl (C=O) groups is 4. The Hall–Kier alpha value is -2.68. The molecule has 3 amide bonds. The van der Waals surface area contributed by atoms with E-state index in [1.54, 1.807) is 4.90 Å². The van der Waals surface area contributed by atoms with Crippen LogP contribution in [0.15, 0.2) is 6.07 Å². The lowest BCUT2D eigenvalue weighted by Crippen LogP contribution is -2.53. The molecule has 9 heteroatoms. The van der Waals surface area contributed by atoms with E-state index in [1.165, 1.54) is 5.56 Å². The fourth-order valence-corrected chi connectivity index (χ4v) is 6.52. The third-order valence-corrected chi connectivity index (χ3v) is 8.31. The molecule has 3 heterocycles. The number of rotatable bonds is 7. The number of hydrogen-bond donors (Lipinski definition) is 4. The number of aliphatic hydroxyl groups excluding tert-OH is 1. The summed E-state index contributed by atoms with van der Waals surface area (Å²) in [6, 6.07) is 0.352. The van der Waals surface area contributed by atoms with Gasteiger partial charge in [0.15, 0.2) is 5.78 Å². The molecule has 0 spiro atoms. The maximum Gasteiger partial charge on any atom is 0.270 e. The summed E-state index contributed by atoms with van der Waals surface area (Å²) in [7, 11) is 0. The average Bonchev–Trinajstić information content (AvgIpc) is 3.61. The maximum atomic E-state index is 13.6. The van der Waals surface area contributed by atoms with Gasteiger partial charge in [0.2, 0.25) is 11.8 Å². The number of nitrogens with one attached hydrogen (secondary N) is 3. The van der Waals surface area contributed by atoms with Crippen LogP contribution >= 0.6 is 0 Å². The average molecular weight is 471 g/mol. The molecule has 1 aromatic heterocycles. The predicted octanol–water partition coefficient (Wildman–Crippen LogP) is 0.707. The molecule has 3 unspecified atom stereocenters. The lowest BCUT2D eigenvalue weighted by Gasteiger charge is -2.29. The second kappa shape index (κ2) is 9.52. The topological polar surface area (TPSA) is 132 Å². The van der Waals surface area contributed by atoms with Crippen LogP contribution in [0.3, 0.4) is 0 Å². The summed E-state index contributed by atoms with van der Waals surface area (Å²) in [6.45, 7) is 0.383. The number of H-pyrrole nitrogens is 1. The van der Waals surface area contributed by atoms with Gasteiger partial charge in [-0.3, -0.25) is 19.2 Å². The molecular formula is C25H34N4O5. The number of Topliss-reactive ketones (excluding diaryl/α,β-unsaturated/α-hetero) is 1. The monoisotopic (exact) mass is 470 g/mol. The van der Waals surface area contributed by atoms with Crippen LogP contribution in [0.25, 0.3) is 0 Å². The second-order valence-electron chi connectivity index (χ2n) is 10.3. The number of aryl methyl sites for hydroxylation is 2. The summed E-state index contributed by atoms with van der Waals surface area (Å²) in [5.41, 5.74) is 2.85. The van der Waals surface area contributed by atoms with E-state index in [2.05, 4.69) is 15.6 Å². The SMILES string of the molecule is O=C(N[C@@H](C[C@@H]1CCNC1=O)C(=O)CO)C1C2CCCC2CN1C(=O)c1cc2c([nH]1)CCCC2. The third-order valence-electron chi connectivity index (χ3n) is 8.31. The van der Waals surface area contributed by atoms with Crippen LogP contribution < -0.4 is 10.6 Å². The van der Waals surface area contributed by atoms with Gasteiger partial charge < -0.3 is 25.6 Å². The van der Waals surface area contributed by atoms with E-state index in [0.29, 0.717) is 25.2 Å². The number of amides is 3. The van der Waals surface area contributed by atoms with Crippen molar-refractivity contribution < 1.29 is 24.3 Å².